The van der Waals surface area contributed by atoms with E-state index in [9.17, 15) is 0 Å². The smallest absolute Gasteiger partial charge is 0.161 e. The van der Waals surface area contributed by atoms with Gasteiger partial charge in [-0.2, -0.15) is 0 Å². The number of methoxy groups -OCH3 is 1. The van der Waals surface area contributed by atoms with E-state index < -0.39 is 0 Å². The topological polar surface area (TPSA) is 43.4 Å². The van der Waals surface area contributed by atoms with E-state index in [0.717, 1.165) is 29.3 Å². The third-order valence-electron chi connectivity index (χ3n) is 3.27. The molecule has 0 amide bonds. The lowest BCUT2D eigenvalue weighted by atomic mass is 10.1. The van der Waals surface area contributed by atoms with E-state index in [0.29, 0.717) is 6.61 Å². The summed E-state index contributed by atoms with van der Waals surface area (Å²) in [4.78, 5) is 4.36. The molecule has 0 spiro atoms. The number of rotatable bonds is 7. The van der Waals surface area contributed by atoms with E-state index >= 15 is 0 Å². The van der Waals surface area contributed by atoms with Crippen molar-refractivity contribution < 1.29 is 9.47 Å². The molecule has 0 bridgehead atoms. The van der Waals surface area contributed by atoms with Crippen LogP contribution in [-0.2, 0) is 6.54 Å². The average molecular weight is 286 g/mol. The standard InChI is InChI=1S/C17H22N2O2/c1-4-21-17-11-14(8-9-16(17)20-3)12-19-13(2)15-7-5-6-10-18-15/h5-11,13,19H,4,12H2,1-3H3. The summed E-state index contributed by atoms with van der Waals surface area (Å²) in [5.41, 5.74) is 2.19. The van der Waals surface area contributed by atoms with Crippen molar-refractivity contribution in [1.29, 1.82) is 0 Å². The molecular weight excluding hydrogens is 264 g/mol. The minimum atomic E-state index is 0.198. The first-order valence-electron chi connectivity index (χ1n) is 7.18. The second kappa shape index (κ2) is 7.64. The van der Waals surface area contributed by atoms with Crippen LogP contribution in [0.5, 0.6) is 11.5 Å². The van der Waals surface area contributed by atoms with Crippen molar-refractivity contribution in [3.63, 3.8) is 0 Å². The van der Waals surface area contributed by atoms with Crippen LogP contribution in [0.2, 0.25) is 0 Å². The normalized spacial score (nSPS) is 12.0. The van der Waals surface area contributed by atoms with Crippen LogP contribution >= 0.6 is 0 Å². The highest BCUT2D eigenvalue weighted by molar-refractivity contribution is 5.43. The fourth-order valence-electron chi connectivity index (χ4n) is 2.11. The molecule has 2 rings (SSSR count). The van der Waals surface area contributed by atoms with Crippen LogP contribution in [0.15, 0.2) is 42.6 Å². The van der Waals surface area contributed by atoms with Gasteiger partial charge in [-0.25, -0.2) is 0 Å². The summed E-state index contributed by atoms with van der Waals surface area (Å²) in [6.07, 6.45) is 1.81. The fraction of sp³-hybridized carbons (Fsp3) is 0.353. The highest BCUT2D eigenvalue weighted by Gasteiger charge is 2.08. The molecule has 112 valence electrons. The molecule has 1 aromatic carbocycles. The van der Waals surface area contributed by atoms with Crippen molar-refractivity contribution >= 4 is 0 Å². The maximum atomic E-state index is 5.59. The molecule has 21 heavy (non-hydrogen) atoms. The third kappa shape index (κ3) is 4.20. The van der Waals surface area contributed by atoms with Gasteiger partial charge in [-0.1, -0.05) is 12.1 Å². The Morgan fingerprint density at radius 2 is 2.05 bits per heavy atom. The van der Waals surface area contributed by atoms with E-state index in [-0.39, 0.29) is 6.04 Å². The first kappa shape index (κ1) is 15.3. The molecule has 1 heterocycles. The Kier molecular flexibility index (Phi) is 5.58. The van der Waals surface area contributed by atoms with Gasteiger partial charge in [0, 0.05) is 18.8 Å². The monoisotopic (exact) mass is 286 g/mol. The van der Waals surface area contributed by atoms with Crippen LogP contribution in [0, 0.1) is 0 Å². The van der Waals surface area contributed by atoms with Crippen LogP contribution in [0.1, 0.15) is 31.1 Å². The number of ether oxygens (including phenoxy) is 2. The zero-order valence-corrected chi connectivity index (χ0v) is 12.8. The molecular formula is C17H22N2O2. The Labute approximate surface area is 126 Å². The molecule has 0 saturated heterocycles. The number of nitrogens with one attached hydrogen (secondary N) is 1. The lowest BCUT2D eigenvalue weighted by molar-refractivity contribution is 0.310. The molecule has 0 aliphatic rings. The van der Waals surface area contributed by atoms with Gasteiger partial charge in [0.05, 0.1) is 19.4 Å². The Bertz CT molecular complexity index is 558. The Morgan fingerprint density at radius 3 is 2.71 bits per heavy atom. The third-order valence-corrected chi connectivity index (χ3v) is 3.27. The van der Waals surface area contributed by atoms with Gasteiger partial charge in [0.1, 0.15) is 0 Å². The maximum Gasteiger partial charge on any atom is 0.161 e. The van der Waals surface area contributed by atoms with Gasteiger partial charge in [-0.3, -0.25) is 4.98 Å². The number of hydrogen-bond acceptors (Lipinski definition) is 4. The van der Waals surface area contributed by atoms with Gasteiger partial charge in [0.15, 0.2) is 11.5 Å². The zero-order chi connectivity index (χ0) is 15.1. The van der Waals surface area contributed by atoms with Gasteiger partial charge in [-0.05, 0) is 43.7 Å². The summed E-state index contributed by atoms with van der Waals surface area (Å²) >= 11 is 0. The first-order valence-corrected chi connectivity index (χ1v) is 7.18. The molecule has 0 saturated carbocycles. The highest BCUT2D eigenvalue weighted by atomic mass is 16.5. The van der Waals surface area contributed by atoms with Gasteiger partial charge < -0.3 is 14.8 Å². The van der Waals surface area contributed by atoms with Crippen LogP contribution in [-0.4, -0.2) is 18.7 Å². The Hall–Kier alpha value is -2.07. The van der Waals surface area contributed by atoms with E-state index in [1.165, 1.54) is 0 Å². The minimum Gasteiger partial charge on any atom is -0.493 e. The summed E-state index contributed by atoms with van der Waals surface area (Å²) in [6.45, 7) is 5.45. The Balaban J connectivity index is 2.01. The molecule has 2 aromatic rings. The molecule has 0 aliphatic carbocycles. The summed E-state index contributed by atoms with van der Waals surface area (Å²) in [6, 6.07) is 12.1. The predicted octanol–water partition coefficient (Wildman–Crippen LogP) is 3.34. The average Bonchev–Trinajstić information content (AvgIpc) is 2.54. The van der Waals surface area contributed by atoms with Crippen LogP contribution in [0.4, 0.5) is 0 Å². The van der Waals surface area contributed by atoms with Crippen molar-refractivity contribution in [3.8, 4) is 11.5 Å². The van der Waals surface area contributed by atoms with Gasteiger partial charge in [-0.15, -0.1) is 0 Å². The fourth-order valence-corrected chi connectivity index (χ4v) is 2.11. The van der Waals surface area contributed by atoms with Crippen LogP contribution < -0.4 is 14.8 Å². The summed E-state index contributed by atoms with van der Waals surface area (Å²) in [5.74, 6) is 1.54. The first-order chi connectivity index (χ1) is 10.2. The molecule has 4 nitrogen and oxygen atoms in total. The molecule has 0 radical (unpaired) electrons. The second-order valence-electron chi connectivity index (χ2n) is 4.78. The number of benzene rings is 1. The molecule has 1 unspecified atom stereocenters. The largest absolute Gasteiger partial charge is 0.493 e. The van der Waals surface area contributed by atoms with Crippen molar-refractivity contribution in [1.82, 2.24) is 10.3 Å². The van der Waals surface area contributed by atoms with Crippen molar-refractivity contribution in [2.45, 2.75) is 26.4 Å². The molecule has 1 N–H and O–H groups in total. The number of nitrogens with zero attached hydrogens (tertiary/aromatic N) is 1. The van der Waals surface area contributed by atoms with Crippen molar-refractivity contribution in [2.24, 2.45) is 0 Å². The predicted molar refractivity (Wildman–Crippen MR) is 83.7 cm³/mol. The van der Waals surface area contributed by atoms with Crippen LogP contribution in [0.25, 0.3) is 0 Å². The van der Waals surface area contributed by atoms with Gasteiger partial charge in [0.2, 0.25) is 0 Å². The number of pyridine rings is 1. The van der Waals surface area contributed by atoms with Gasteiger partial charge in [0.25, 0.3) is 0 Å². The molecule has 0 fully saturated rings. The molecule has 1 aromatic heterocycles. The van der Waals surface area contributed by atoms with E-state index in [1.807, 2.05) is 49.5 Å². The quantitative estimate of drug-likeness (QED) is 0.847. The lowest BCUT2D eigenvalue weighted by Gasteiger charge is -2.15. The number of hydrogen-bond donors (Lipinski definition) is 1. The summed E-state index contributed by atoms with van der Waals surface area (Å²) in [5, 5.41) is 3.46. The summed E-state index contributed by atoms with van der Waals surface area (Å²) in [7, 11) is 1.65. The van der Waals surface area contributed by atoms with Crippen molar-refractivity contribution in [3.05, 3.63) is 53.9 Å². The van der Waals surface area contributed by atoms with E-state index in [4.69, 9.17) is 9.47 Å². The maximum absolute atomic E-state index is 5.59. The minimum absolute atomic E-state index is 0.198. The summed E-state index contributed by atoms with van der Waals surface area (Å²) < 4.78 is 10.9. The second-order valence-corrected chi connectivity index (χ2v) is 4.78. The van der Waals surface area contributed by atoms with E-state index in [2.05, 4.69) is 17.2 Å². The molecule has 0 aliphatic heterocycles. The van der Waals surface area contributed by atoms with E-state index in [1.54, 1.807) is 7.11 Å². The molecule has 1 atom stereocenters. The lowest BCUT2D eigenvalue weighted by Crippen LogP contribution is -2.19. The van der Waals surface area contributed by atoms with Crippen molar-refractivity contribution in [2.75, 3.05) is 13.7 Å². The zero-order valence-electron chi connectivity index (χ0n) is 12.8. The Morgan fingerprint density at radius 1 is 1.19 bits per heavy atom. The highest BCUT2D eigenvalue weighted by Crippen LogP contribution is 2.28. The number of aromatic nitrogens is 1. The van der Waals surface area contributed by atoms with Crippen LogP contribution in [0.3, 0.4) is 0 Å². The SMILES string of the molecule is CCOc1cc(CNC(C)c2ccccn2)ccc1OC. The van der Waals surface area contributed by atoms with Gasteiger partial charge >= 0.3 is 0 Å². The molecule has 4 heteroatoms.